The Kier molecular flexibility index (Phi) is 5.70. The zero-order valence-corrected chi connectivity index (χ0v) is 18.1. The van der Waals surface area contributed by atoms with Crippen LogP contribution in [0.5, 0.6) is 0 Å². The third-order valence-corrected chi connectivity index (χ3v) is 7.31. The monoisotopic (exact) mass is 409 g/mol. The van der Waals surface area contributed by atoms with Gasteiger partial charge in [-0.05, 0) is 52.9 Å². The van der Waals surface area contributed by atoms with Crippen LogP contribution < -0.4 is 0 Å². The highest BCUT2D eigenvalue weighted by Crippen LogP contribution is 2.59. The van der Waals surface area contributed by atoms with Crippen molar-refractivity contribution in [2.24, 2.45) is 5.92 Å². The number of aliphatic hydroxyl groups is 1. The zero-order valence-electron chi connectivity index (χ0n) is 18.1. The number of carbonyl (C=O) groups excluding carboxylic acids is 1. The molecule has 4 aliphatic rings. The molecule has 1 spiro atoms. The summed E-state index contributed by atoms with van der Waals surface area (Å²) >= 11 is 0. The summed E-state index contributed by atoms with van der Waals surface area (Å²) in [6.45, 7) is 7.66. The standard InChI is InChI=1S/C22H35NO6/c1-14(2)7-8-17-21(3,29-17)19-18(26-4)16(9-10-22(19)13-27-22)28-20(25)23-11-5-6-15(23)12-24/h7,15-19,24H,5-6,8-13H2,1-4H3/t15-,16?,17+,18?,19?,21-,22-/m0/s1. The van der Waals surface area contributed by atoms with E-state index in [-0.39, 0.29) is 54.2 Å². The number of hydrogen-bond donors (Lipinski definition) is 1. The molecule has 7 nitrogen and oxygen atoms in total. The Labute approximate surface area is 173 Å². The number of aliphatic hydroxyl groups excluding tert-OH is 1. The van der Waals surface area contributed by atoms with Gasteiger partial charge in [0.1, 0.15) is 23.4 Å². The quantitative estimate of drug-likeness (QED) is 0.536. The predicted molar refractivity (Wildman–Crippen MR) is 107 cm³/mol. The van der Waals surface area contributed by atoms with Crippen LogP contribution in [0.1, 0.15) is 52.9 Å². The minimum Gasteiger partial charge on any atom is -0.443 e. The topological polar surface area (TPSA) is 84.1 Å². The van der Waals surface area contributed by atoms with Crippen LogP contribution in [0.3, 0.4) is 0 Å². The van der Waals surface area contributed by atoms with Gasteiger partial charge in [0.2, 0.25) is 0 Å². The molecular weight excluding hydrogens is 374 g/mol. The van der Waals surface area contributed by atoms with Crippen LogP contribution in [0, 0.1) is 5.92 Å². The smallest absolute Gasteiger partial charge is 0.410 e. The Morgan fingerprint density at radius 2 is 2.10 bits per heavy atom. The average Bonchev–Trinajstić information content (AvgIpc) is 3.54. The number of hydrogen-bond acceptors (Lipinski definition) is 6. The van der Waals surface area contributed by atoms with E-state index in [2.05, 4.69) is 26.8 Å². The lowest BCUT2D eigenvalue weighted by molar-refractivity contribution is -0.122. The van der Waals surface area contributed by atoms with Gasteiger partial charge in [-0.1, -0.05) is 11.6 Å². The number of nitrogens with zero attached hydrogens (tertiary/aromatic N) is 1. The minimum absolute atomic E-state index is 0.0225. The molecule has 3 aliphatic heterocycles. The largest absolute Gasteiger partial charge is 0.443 e. The summed E-state index contributed by atoms with van der Waals surface area (Å²) in [6, 6.07) is -0.140. The molecule has 0 radical (unpaired) electrons. The maximum atomic E-state index is 12.8. The highest BCUT2D eigenvalue weighted by Gasteiger charge is 2.72. The molecule has 0 aromatic carbocycles. The van der Waals surface area contributed by atoms with E-state index in [1.54, 1.807) is 12.0 Å². The van der Waals surface area contributed by atoms with Crippen LogP contribution >= 0.6 is 0 Å². The lowest BCUT2D eigenvalue weighted by atomic mass is 9.68. The second-order valence-corrected chi connectivity index (χ2v) is 9.47. The van der Waals surface area contributed by atoms with Crippen molar-refractivity contribution in [3.8, 4) is 0 Å². The van der Waals surface area contributed by atoms with Crippen molar-refractivity contribution < 1.29 is 28.8 Å². The van der Waals surface area contributed by atoms with Crippen molar-refractivity contribution in [1.82, 2.24) is 4.90 Å². The van der Waals surface area contributed by atoms with E-state index in [9.17, 15) is 9.90 Å². The lowest BCUT2D eigenvalue weighted by Gasteiger charge is -2.43. The van der Waals surface area contributed by atoms with Crippen molar-refractivity contribution in [3.63, 3.8) is 0 Å². The van der Waals surface area contributed by atoms with E-state index in [1.165, 1.54) is 5.57 Å². The summed E-state index contributed by atoms with van der Waals surface area (Å²) in [5.41, 5.74) is 0.720. The van der Waals surface area contributed by atoms with Gasteiger partial charge >= 0.3 is 6.09 Å². The average molecular weight is 410 g/mol. The fourth-order valence-corrected chi connectivity index (χ4v) is 5.53. The molecule has 4 fully saturated rings. The number of epoxide rings is 2. The maximum absolute atomic E-state index is 12.8. The molecule has 0 aromatic heterocycles. The summed E-state index contributed by atoms with van der Waals surface area (Å²) in [5, 5.41) is 9.53. The van der Waals surface area contributed by atoms with Gasteiger partial charge in [-0.25, -0.2) is 4.79 Å². The van der Waals surface area contributed by atoms with Crippen molar-refractivity contribution in [2.75, 3.05) is 26.9 Å². The number of amides is 1. The SMILES string of the molecule is COC1C(OC(=O)N2CCC[C@H]2CO)CC[C@]2(CO2)C1[C@@]1(C)O[C@@H]1CC=C(C)C. The second-order valence-electron chi connectivity index (χ2n) is 9.47. The Morgan fingerprint density at radius 1 is 1.34 bits per heavy atom. The van der Waals surface area contributed by atoms with E-state index < -0.39 is 0 Å². The molecule has 0 bridgehead atoms. The first kappa shape index (κ1) is 21.1. The second kappa shape index (κ2) is 7.84. The molecular formula is C22H35NO6. The van der Waals surface area contributed by atoms with Gasteiger partial charge in [-0.3, -0.25) is 0 Å². The molecule has 1 saturated carbocycles. The van der Waals surface area contributed by atoms with Crippen molar-refractivity contribution in [1.29, 1.82) is 0 Å². The molecule has 164 valence electrons. The molecule has 1 amide bonds. The van der Waals surface area contributed by atoms with Crippen LogP contribution in [0.15, 0.2) is 11.6 Å². The summed E-state index contributed by atoms with van der Waals surface area (Å²) < 4.78 is 24.0. The van der Waals surface area contributed by atoms with E-state index >= 15 is 0 Å². The van der Waals surface area contributed by atoms with Gasteiger partial charge in [-0.2, -0.15) is 0 Å². The fourth-order valence-electron chi connectivity index (χ4n) is 5.53. The van der Waals surface area contributed by atoms with Crippen molar-refractivity contribution in [2.45, 2.75) is 88.4 Å². The lowest BCUT2D eigenvalue weighted by Crippen LogP contribution is -2.56. The summed E-state index contributed by atoms with van der Waals surface area (Å²) in [5.74, 6) is 0.0225. The Balaban J connectivity index is 1.48. The maximum Gasteiger partial charge on any atom is 0.410 e. The van der Waals surface area contributed by atoms with Crippen LogP contribution in [0.25, 0.3) is 0 Å². The summed E-state index contributed by atoms with van der Waals surface area (Å²) in [7, 11) is 1.68. The van der Waals surface area contributed by atoms with Gasteiger partial charge in [-0.15, -0.1) is 0 Å². The Hall–Kier alpha value is -1.15. The molecule has 1 aliphatic carbocycles. The molecule has 7 atom stereocenters. The zero-order chi connectivity index (χ0) is 20.8. The summed E-state index contributed by atoms with van der Waals surface area (Å²) in [6.07, 6.45) is 5.54. The molecule has 4 rings (SSSR count). The third-order valence-electron chi connectivity index (χ3n) is 7.31. The van der Waals surface area contributed by atoms with Crippen LogP contribution in [0.2, 0.25) is 0 Å². The van der Waals surface area contributed by atoms with Crippen molar-refractivity contribution >= 4 is 6.09 Å². The van der Waals surface area contributed by atoms with Gasteiger partial charge in [0.15, 0.2) is 0 Å². The fraction of sp³-hybridized carbons (Fsp3) is 0.864. The highest BCUT2D eigenvalue weighted by atomic mass is 16.6. The number of carbonyl (C=O) groups is 1. The minimum atomic E-state index is -0.344. The van der Waals surface area contributed by atoms with Crippen molar-refractivity contribution in [3.05, 3.63) is 11.6 Å². The molecule has 29 heavy (non-hydrogen) atoms. The van der Waals surface area contributed by atoms with Gasteiger partial charge < -0.3 is 29.0 Å². The molecule has 3 unspecified atom stereocenters. The molecule has 0 aromatic rings. The van der Waals surface area contributed by atoms with Gasteiger partial charge in [0.05, 0.1) is 31.3 Å². The predicted octanol–water partition coefficient (Wildman–Crippen LogP) is 2.66. The van der Waals surface area contributed by atoms with Crippen LogP contribution in [-0.4, -0.2) is 78.5 Å². The van der Waals surface area contributed by atoms with E-state index in [1.807, 2.05) is 0 Å². The molecule has 3 heterocycles. The number of ether oxygens (including phenoxy) is 4. The Morgan fingerprint density at radius 3 is 2.72 bits per heavy atom. The molecule has 3 saturated heterocycles. The van der Waals surface area contributed by atoms with E-state index in [0.717, 1.165) is 25.7 Å². The van der Waals surface area contributed by atoms with Gasteiger partial charge in [0.25, 0.3) is 0 Å². The first-order valence-corrected chi connectivity index (χ1v) is 10.9. The first-order chi connectivity index (χ1) is 13.8. The number of methoxy groups -OCH3 is 1. The van der Waals surface area contributed by atoms with Crippen LogP contribution in [-0.2, 0) is 18.9 Å². The van der Waals surface area contributed by atoms with E-state index in [0.29, 0.717) is 19.6 Å². The number of likely N-dealkylation sites (tertiary alicyclic amines) is 1. The number of rotatable bonds is 6. The van der Waals surface area contributed by atoms with Crippen LogP contribution in [0.4, 0.5) is 4.79 Å². The Bertz CT molecular complexity index is 658. The molecule has 1 N–H and O–H groups in total. The summed E-state index contributed by atoms with van der Waals surface area (Å²) in [4.78, 5) is 14.5. The van der Waals surface area contributed by atoms with E-state index in [4.69, 9.17) is 18.9 Å². The molecule has 7 heteroatoms. The highest BCUT2D eigenvalue weighted by molar-refractivity contribution is 5.68. The normalized spacial score (nSPS) is 43.3. The third kappa shape index (κ3) is 3.82. The number of allylic oxidation sites excluding steroid dienone is 1. The first-order valence-electron chi connectivity index (χ1n) is 10.9. The van der Waals surface area contributed by atoms with Gasteiger partial charge in [0, 0.05) is 13.7 Å².